The van der Waals surface area contributed by atoms with E-state index in [-0.39, 0.29) is 16.3 Å². The minimum atomic E-state index is -3.62. The van der Waals surface area contributed by atoms with Gasteiger partial charge in [0.15, 0.2) is 0 Å². The predicted octanol–water partition coefficient (Wildman–Crippen LogP) is 1.79. The van der Waals surface area contributed by atoms with E-state index >= 15 is 0 Å². The Hall–Kier alpha value is -1.31. The van der Waals surface area contributed by atoms with Gasteiger partial charge < -0.3 is 5.11 Å². The van der Waals surface area contributed by atoms with Crippen LogP contribution in [0.15, 0.2) is 18.2 Å². The van der Waals surface area contributed by atoms with E-state index in [1.807, 2.05) is 0 Å². The molecule has 0 aromatic heterocycles. The van der Waals surface area contributed by atoms with Crippen LogP contribution in [0.1, 0.15) is 23.2 Å². The molecule has 1 saturated heterocycles. The van der Waals surface area contributed by atoms with Gasteiger partial charge in [-0.05, 0) is 31.0 Å². The van der Waals surface area contributed by atoms with Crippen LogP contribution in [-0.4, -0.2) is 36.9 Å². The molecule has 8 heteroatoms. The van der Waals surface area contributed by atoms with Crippen LogP contribution in [0.2, 0.25) is 5.02 Å². The Kier molecular flexibility index (Phi) is 3.98. The Balaban J connectivity index is 2.21. The molecular formula is C11H13ClN2O4S. The Morgan fingerprint density at radius 1 is 1.32 bits per heavy atom. The number of carbonyl (C=O) groups is 1. The van der Waals surface area contributed by atoms with Crippen molar-refractivity contribution < 1.29 is 18.3 Å². The highest BCUT2D eigenvalue weighted by molar-refractivity contribution is 7.90. The number of carboxylic acids is 1. The number of hydrogen-bond donors (Lipinski definition) is 2. The van der Waals surface area contributed by atoms with Crippen LogP contribution in [0.4, 0.5) is 5.69 Å². The summed E-state index contributed by atoms with van der Waals surface area (Å²) in [7, 11) is -3.62. The molecule has 1 aromatic carbocycles. The zero-order valence-electron chi connectivity index (χ0n) is 9.97. The summed E-state index contributed by atoms with van der Waals surface area (Å²) in [6.07, 6.45) is 1.68. The van der Waals surface area contributed by atoms with Gasteiger partial charge in [-0.15, -0.1) is 0 Å². The average Bonchev–Trinajstić information content (AvgIpc) is 2.85. The molecule has 0 bridgehead atoms. The van der Waals surface area contributed by atoms with Crippen molar-refractivity contribution >= 4 is 33.5 Å². The van der Waals surface area contributed by atoms with E-state index in [2.05, 4.69) is 4.72 Å². The number of aromatic carboxylic acids is 1. The normalized spacial score (nSPS) is 16.5. The maximum absolute atomic E-state index is 12.0. The van der Waals surface area contributed by atoms with Gasteiger partial charge in [0.25, 0.3) is 0 Å². The van der Waals surface area contributed by atoms with Gasteiger partial charge in [0.1, 0.15) is 0 Å². The lowest BCUT2D eigenvalue weighted by atomic mass is 10.2. The molecule has 6 nitrogen and oxygen atoms in total. The van der Waals surface area contributed by atoms with Crippen molar-refractivity contribution in [2.45, 2.75) is 12.8 Å². The SMILES string of the molecule is O=C(O)c1ccc(NS(=O)(=O)N2CCCC2)c(Cl)c1. The number of rotatable bonds is 4. The first kappa shape index (κ1) is 14.1. The number of nitrogens with zero attached hydrogens (tertiary/aromatic N) is 1. The molecule has 1 aliphatic heterocycles. The molecule has 2 N–H and O–H groups in total. The van der Waals surface area contributed by atoms with Gasteiger partial charge in [0.2, 0.25) is 0 Å². The molecule has 0 radical (unpaired) electrons. The second kappa shape index (κ2) is 5.36. The van der Waals surface area contributed by atoms with Crippen LogP contribution in [-0.2, 0) is 10.2 Å². The molecule has 0 aliphatic carbocycles. The van der Waals surface area contributed by atoms with Gasteiger partial charge >= 0.3 is 16.2 Å². The lowest BCUT2D eigenvalue weighted by Gasteiger charge is -2.17. The maximum atomic E-state index is 12.0. The molecule has 0 unspecified atom stereocenters. The van der Waals surface area contributed by atoms with E-state index in [0.717, 1.165) is 12.8 Å². The maximum Gasteiger partial charge on any atom is 0.335 e. The Labute approximate surface area is 116 Å². The predicted molar refractivity (Wildman–Crippen MR) is 71.8 cm³/mol. The van der Waals surface area contributed by atoms with Crippen molar-refractivity contribution in [2.24, 2.45) is 0 Å². The van der Waals surface area contributed by atoms with Crippen molar-refractivity contribution in [1.29, 1.82) is 0 Å². The molecular weight excluding hydrogens is 292 g/mol. The van der Waals surface area contributed by atoms with Gasteiger partial charge in [-0.1, -0.05) is 11.6 Å². The fraction of sp³-hybridized carbons (Fsp3) is 0.364. The van der Waals surface area contributed by atoms with Crippen LogP contribution >= 0.6 is 11.6 Å². The van der Waals surface area contributed by atoms with E-state index < -0.39 is 16.2 Å². The molecule has 1 aliphatic rings. The number of halogens is 1. The van der Waals surface area contributed by atoms with Gasteiger partial charge in [0.05, 0.1) is 16.3 Å². The van der Waals surface area contributed by atoms with Gasteiger partial charge in [-0.25, -0.2) is 4.79 Å². The van der Waals surface area contributed by atoms with Crippen LogP contribution in [0.3, 0.4) is 0 Å². The molecule has 19 heavy (non-hydrogen) atoms. The summed E-state index contributed by atoms with van der Waals surface area (Å²) in [5.41, 5.74) is 0.188. The van der Waals surface area contributed by atoms with Crippen molar-refractivity contribution in [3.05, 3.63) is 28.8 Å². The van der Waals surface area contributed by atoms with Gasteiger partial charge in [-0.3, -0.25) is 4.72 Å². The van der Waals surface area contributed by atoms with E-state index in [0.29, 0.717) is 13.1 Å². The number of benzene rings is 1. The third kappa shape index (κ3) is 3.17. The third-order valence-electron chi connectivity index (χ3n) is 2.86. The molecule has 0 spiro atoms. The first-order valence-corrected chi connectivity index (χ1v) is 7.53. The van der Waals surface area contributed by atoms with Crippen molar-refractivity contribution in [3.8, 4) is 0 Å². The smallest absolute Gasteiger partial charge is 0.335 e. The fourth-order valence-electron chi connectivity index (χ4n) is 1.86. The number of hydrogen-bond acceptors (Lipinski definition) is 3. The molecule has 1 aromatic rings. The number of anilines is 1. The zero-order chi connectivity index (χ0) is 14.0. The highest BCUT2D eigenvalue weighted by Gasteiger charge is 2.25. The monoisotopic (exact) mass is 304 g/mol. The topological polar surface area (TPSA) is 86.7 Å². The molecule has 104 valence electrons. The van der Waals surface area contributed by atoms with Crippen LogP contribution in [0.25, 0.3) is 0 Å². The lowest BCUT2D eigenvalue weighted by Crippen LogP contribution is -2.33. The average molecular weight is 305 g/mol. The molecule has 1 heterocycles. The second-order valence-electron chi connectivity index (χ2n) is 4.21. The third-order valence-corrected chi connectivity index (χ3v) is 4.70. The minimum absolute atomic E-state index is 0.00844. The quantitative estimate of drug-likeness (QED) is 0.888. The van der Waals surface area contributed by atoms with E-state index in [1.165, 1.54) is 22.5 Å². The van der Waals surface area contributed by atoms with Crippen LogP contribution in [0, 0.1) is 0 Å². The highest BCUT2D eigenvalue weighted by atomic mass is 35.5. The largest absolute Gasteiger partial charge is 0.478 e. The van der Waals surface area contributed by atoms with E-state index in [4.69, 9.17) is 16.7 Å². The first-order valence-electron chi connectivity index (χ1n) is 5.71. The van der Waals surface area contributed by atoms with Crippen LogP contribution in [0.5, 0.6) is 0 Å². The lowest BCUT2D eigenvalue weighted by molar-refractivity contribution is 0.0697. The highest BCUT2D eigenvalue weighted by Crippen LogP contribution is 2.25. The summed E-state index contributed by atoms with van der Waals surface area (Å²) in [5, 5.41) is 8.86. The number of nitrogens with one attached hydrogen (secondary N) is 1. The van der Waals surface area contributed by atoms with Gasteiger partial charge in [-0.2, -0.15) is 12.7 Å². The zero-order valence-corrected chi connectivity index (χ0v) is 11.5. The number of carboxylic acid groups (broad SMARTS) is 1. The second-order valence-corrected chi connectivity index (χ2v) is 6.29. The summed E-state index contributed by atoms with van der Waals surface area (Å²) in [5.74, 6) is -1.11. The van der Waals surface area contributed by atoms with Gasteiger partial charge in [0, 0.05) is 13.1 Å². The summed E-state index contributed by atoms with van der Waals surface area (Å²) < 4.78 is 27.7. The summed E-state index contributed by atoms with van der Waals surface area (Å²) in [6, 6.07) is 3.86. The first-order chi connectivity index (χ1) is 8.90. The fourth-order valence-corrected chi connectivity index (χ4v) is 3.47. The minimum Gasteiger partial charge on any atom is -0.478 e. The molecule has 0 saturated carbocycles. The summed E-state index contributed by atoms with van der Waals surface area (Å²) in [4.78, 5) is 10.8. The summed E-state index contributed by atoms with van der Waals surface area (Å²) in [6.45, 7) is 0.973. The Morgan fingerprint density at radius 2 is 1.95 bits per heavy atom. The Bertz CT molecular complexity index is 597. The van der Waals surface area contributed by atoms with Crippen molar-refractivity contribution in [1.82, 2.24) is 4.31 Å². The Morgan fingerprint density at radius 3 is 2.47 bits per heavy atom. The standard InChI is InChI=1S/C11H13ClN2O4S/c12-9-7-8(11(15)16)3-4-10(9)13-19(17,18)14-5-1-2-6-14/h3-4,7,13H,1-2,5-6H2,(H,15,16). The van der Waals surface area contributed by atoms with Crippen molar-refractivity contribution in [2.75, 3.05) is 17.8 Å². The molecule has 1 fully saturated rings. The summed E-state index contributed by atoms with van der Waals surface area (Å²) >= 11 is 5.88. The molecule has 0 atom stereocenters. The van der Waals surface area contributed by atoms with E-state index in [9.17, 15) is 13.2 Å². The van der Waals surface area contributed by atoms with E-state index in [1.54, 1.807) is 0 Å². The van der Waals surface area contributed by atoms with Crippen LogP contribution < -0.4 is 4.72 Å². The molecule has 0 amide bonds. The van der Waals surface area contributed by atoms with Crippen molar-refractivity contribution in [3.63, 3.8) is 0 Å². The molecule has 2 rings (SSSR count).